The Hall–Kier alpha value is -1.16. The van der Waals surface area contributed by atoms with Crippen molar-refractivity contribution in [3.8, 4) is 0 Å². The van der Waals surface area contributed by atoms with Crippen LogP contribution in [0.2, 0.25) is 0 Å². The maximum atomic E-state index is 5.44. The number of hydrazine groups is 1. The van der Waals surface area contributed by atoms with Gasteiger partial charge in [0.25, 0.3) is 0 Å². The second-order valence-electron chi connectivity index (χ2n) is 1.54. The van der Waals surface area contributed by atoms with Crippen LogP contribution in [-0.4, -0.2) is 12.2 Å². The monoisotopic (exact) mass is 127 g/mol. The number of hydroxylamine groups is 1. The summed E-state index contributed by atoms with van der Waals surface area (Å²) in [5, 5.41) is 1.36. The maximum Gasteiger partial charge on any atom is 0.154 e. The summed E-state index contributed by atoms with van der Waals surface area (Å²) in [4.78, 5) is 4.89. The number of nitrogens with zero attached hydrogens (tertiary/aromatic N) is 1. The van der Waals surface area contributed by atoms with Crippen molar-refractivity contribution >= 4 is 0 Å². The number of allylic oxidation sites excluding steroid dienone is 2. The van der Waals surface area contributed by atoms with Crippen LogP contribution in [0.15, 0.2) is 24.2 Å². The number of hydrogen-bond acceptors (Lipinski definition) is 4. The first kappa shape index (κ1) is 5.97. The third kappa shape index (κ3) is 1.14. The van der Waals surface area contributed by atoms with E-state index in [0.717, 1.165) is 0 Å². The fourth-order valence-electron chi connectivity index (χ4n) is 0.544. The Labute approximate surface area is 53.5 Å². The van der Waals surface area contributed by atoms with Gasteiger partial charge in [-0.2, -0.15) is 0 Å². The molecule has 0 spiro atoms. The van der Waals surface area contributed by atoms with Gasteiger partial charge in [0.05, 0.1) is 0 Å². The van der Waals surface area contributed by atoms with E-state index < -0.39 is 0 Å². The Kier molecular flexibility index (Phi) is 1.60. The molecule has 0 saturated heterocycles. The number of hydrogen-bond donors (Lipinski definition) is 2. The van der Waals surface area contributed by atoms with Gasteiger partial charge >= 0.3 is 0 Å². The Bertz CT molecular complexity index is 152. The van der Waals surface area contributed by atoms with Crippen LogP contribution in [0, 0.1) is 0 Å². The predicted octanol–water partition coefficient (Wildman–Crippen LogP) is -0.318. The third-order valence-corrected chi connectivity index (χ3v) is 0.949. The zero-order valence-corrected chi connectivity index (χ0v) is 5.16. The fraction of sp³-hybridized carbons (Fsp3) is 0.200. The van der Waals surface area contributed by atoms with Crippen LogP contribution < -0.4 is 11.2 Å². The Morgan fingerprint density at radius 2 is 2.56 bits per heavy atom. The van der Waals surface area contributed by atoms with E-state index in [9.17, 15) is 0 Å². The van der Waals surface area contributed by atoms with E-state index in [2.05, 4.69) is 5.43 Å². The summed E-state index contributed by atoms with van der Waals surface area (Å²) in [6.45, 7) is 0. The lowest BCUT2D eigenvalue weighted by atomic mass is 10.5. The van der Waals surface area contributed by atoms with Crippen molar-refractivity contribution in [3.63, 3.8) is 0 Å². The summed E-state index contributed by atoms with van der Waals surface area (Å²) in [7, 11) is 1.72. The minimum absolute atomic E-state index is 0.542. The first-order chi connectivity index (χ1) is 4.34. The Morgan fingerprint density at radius 3 is 3.00 bits per heavy atom. The summed E-state index contributed by atoms with van der Waals surface area (Å²) in [6.07, 6.45) is 5.00. The summed E-state index contributed by atoms with van der Waals surface area (Å²) >= 11 is 0. The van der Waals surface area contributed by atoms with Crippen LogP contribution >= 0.6 is 0 Å². The van der Waals surface area contributed by atoms with E-state index in [1.54, 1.807) is 19.2 Å². The van der Waals surface area contributed by atoms with Crippen molar-refractivity contribution in [2.45, 2.75) is 0 Å². The molecule has 50 valence electrons. The van der Waals surface area contributed by atoms with Gasteiger partial charge < -0.3 is 10.6 Å². The zero-order chi connectivity index (χ0) is 6.69. The first-order valence-electron chi connectivity index (χ1n) is 2.61. The fourth-order valence-corrected chi connectivity index (χ4v) is 0.544. The molecule has 0 amide bonds. The van der Waals surface area contributed by atoms with E-state index in [-0.39, 0.29) is 0 Å². The number of rotatable bonds is 1. The maximum absolute atomic E-state index is 5.44. The van der Waals surface area contributed by atoms with Crippen molar-refractivity contribution in [1.29, 1.82) is 0 Å². The highest BCUT2D eigenvalue weighted by atomic mass is 16.7. The lowest BCUT2D eigenvalue weighted by Gasteiger charge is -2.22. The van der Waals surface area contributed by atoms with Crippen LogP contribution in [0.4, 0.5) is 0 Å². The van der Waals surface area contributed by atoms with Gasteiger partial charge in [0, 0.05) is 7.05 Å². The molecule has 4 nitrogen and oxygen atoms in total. The largest absolute Gasteiger partial charge is 0.381 e. The van der Waals surface area contributed by atoms with Crippen LogP contribution in [0.5, 0.6) is 0 Å². The molecule has 0 atom stereocenters. The molecule has 0 aromatic carbocycles. The molecule has 0 aromatic rings. The second kappa shape index (κ2) is 2.41. The van der Waals surface area contributed by atoms with Crippen molar-refractivity contribution < 1.29 is 4.84 Å². The van der Waals surface area contributed by atoms with Crippen molar-refractivity contribution in [2.75, 3.05) is 7.05 Å². The average Bonchev–Trinajstić information content (AvgIpc) is 1.89. The lowest BCUT2D eigenvalue weighted by Crippen LogP contribution is -2.37. The van der Waals surface area contributed by atoms with E-state index in [1.165, 1.54) is 11.4 Å². The summed E-state index contributed by atoms with van der Waals surface area (Å²) in [5.74, 6) is 0.542. The van der Waals surface area contributed by atoms with Crippen molar-refractivity contribution in [1.82, 2.24) is 10.6 Å². The molecule has 0 fully saturated rings. The van der Waals surface area contributed by atoms with Gasteiger partial charge in [0.15, 0.2) is 5.82 Å². The molecule has 9 heavy (non-hydrogen) atoms. The van der Waals surface area contributed by atoms with Crippen molar-refractivity contribution in [3.05, 3.63) is 24.2 Å². The SMILES string of the molecule is CNN1OC=CC=C1N. The standard InChI is InChI=1S/C5H9N3O/c1-7-8-5(6)3-2-4-9-8/h2-4,7H,6H2,1H3. The normalized spacial score (nSPS) is 17.0. The van der Waals surface area contributed by atoms with Crippen LogP contribution in [-0.2, 0) is 4.84 Å². The molecule has 0 aliphatic carbocycles. The minimum atomic E-state index is 0.542. The van der Waals surface area contributed by atoms with Crippen LogP contribution in [0.3, 0.4) is 0 Å². The molecule has 1 aliphatic heterocycles. The van der Waals surface area contributed by atoms with E-state index in [0.29, 0.717) is 5.82 Å². The smallest absolute Gasteiger partial charge is 0.154 e. The molecule has 1 heterocycles. The molecular formula is C5H9N3O. The van der Waals surface area contributed by atoms with E-state index >= 15 is 0 Å². The summed E-state index contributed by atoms with van der Waals surface area (Å²) in [5.41, 5.74) is 8.16. The highest BCUT2D eigenvalue weighted by Crippen LogP contribution is 2.00. The van der Waals surface area contributed by atoms with Gasteiger partial charge in [-0.1, -0.05) is 0 Å². The van der Waals surface area contributed by atoms with E-state index in [4.69, 9.17) is 10.6 Å². The third-order valence-electron chi connectivity index (χ3n) is 0.949. The second-order valence-corrected chi connectivity index (χ2v) is 1.54. The molecule has 0 unspecified atom stereocenters. The zero-order valence-electron chi connectivity index (χ0n) is 5.16. The quantitative estimate of drug-likeness (QED) is 0.507. The first-order valence-corrected chi connectivity index (χ1v) is 2.61. The van der Waals surface area contributed by atoms with Gasteiger partial charge in [-0.25, -0.2) is 5.43 Å². The molecule has 4 heteroatoms. The summed E-state index contributed by atoms with van der Waals surface area (Å²) in [6, 6.07) is 0. The highest BCUT2D eigenvalue weighted by Gasteiger charge is 2.03. The van der Waals surface area contributed by atoms with Crippen LogP contribution in [0.25, 0.3) is 0 Å². The molecule has 3 N–H and O–H groups in total. The molecule has 1 rings (SSSR count). The summed E-state index contributed by atoms with van der Waals surface area (Å²) < 4.78 is 0. The highest BCUT2D eigenvalue weighted by molar-refractivity contribution is 5.08. The van der Waals surface area contributed by atoms with Gasteiger partial charge in [-0.15, -0.1) is 5.17 Å². The van der Waals surface area contributed by atoms with E-state index in [1.807, 2.05) is 0 Å². The topological polar surface area (TPSA) is 50.5 Å². The number of nitrogens with two attached hydrogens (primary N) is 1. The Morgan fingerprint density at radius 1 is 1.78 bits per heavy atom. The molecule has 0 aromatic heterocycles. The molecule has 0 radical (unpaired) electrons. The lowest BCUT2D eigenvalue weighted by molar-refractivity contribution is -0.112. The van der Waals surface area contributed by atoms with Crippen molar-refractivity contribution in [2.24, 2.45) is 5.73 Å². The van der Waals surface area contributed by atoms with Gasteiger partial charge in [0.2, 0.25) is 0 Å². The van der Waals surface area contributed by atoms with Crippen LogP contribution in [0.1, 0.15) is 0 Å². The minimum Gasteiger partial charge on any atom is -0.381 e. The molecule has 1 aliphatic rings. The molecular weight excluding hydrogens is 118 g/mol. The molecule has 0 bridgehead atoms. The van der Waals surface area contributed by atoms with Gasteiger partial charge in [-0.3, -0.25) is 0 Å². The predicted molar refractivity (Wildman–Crippen MR) is 33.4 cm³/mol. The Balaban J connectivity index is 2.59. The molecule has 0 saturated carbocycles. The van der Waals surface area contributed by atoms with Gasteiger partial charge in [0.1, 0.15) is 6.26 Å². The number of nitrogens with one attached hydrogen (secondary N) is 1. The average molecular weight is 127 g/mol. The van der Waals surface area contributed by atoms with Gasteiger partial charge in [-0.05, 0) is 12.2 Å².